The molecule has 2 rings (SSSR count). The summed E-state index contributed by atoms with van der Waals surface area (Å²) in [6.45, 7) is 3.70. The average molecular weight is 186 g/mol. The predicted octanol–water partition coefficient (Wildman–Crippen LogP) is 2.74. The first-order valence-electron chi connectivity index (χ1n) is 4.75. The van der Waals surface area contributed by atoms with Crippen LogP contribution in [0.15, 0.2) is 43.1 Å². The van der Waals surface area contributed by atoms with Crippen LogP contribution in [-0.2, 0) is 0 Å². The molecule has 2 nitrogen and oxygen atoms in total. The van der Waals surface area contributed by atoms with Gasteiger partial charge in [-0.1, -0.05) is 24.3 Å². The highest BCUT2D eigenvalue weighted by atomic mass is 14.7. The van der Waals surface area contributed by atoms with Gasteiger partial charge < -0.3 is 10.7 Å². The van der Waals surface area contributed by atoms with Gasteiger partial charge in [0.1, 0.15) is 0 Å². The van der Waals surface area contributed by atoms with Gasteiger partial charge in [0, 0.05) is 12.2 Å². The fourth-order valence-electron chi connectivity index (χ4n) is 1.72. The Bertz CT molecular complexity index is 442. The summed E-state index contributed by atoms with van der Waals surface area (Å²) in [6.07, 6.45) is 4.60. The average Bonchev–Trinajstić information content (AvgIpc) is 2.65. The number of hydrogen-bond donors (Lipinski definition) is 2. The van der Waals surface area contributed by atoms with Crippen molar-refractivity contribution in [2.45, 2.75) is 12.5 Å². The zero-order valence-electron chi connectivity index (χ0n) is 8.03. The number of fused-ring (bicyclic) bond motifs is 1. The zero-order valence-corrected chi connectivity index (χ0v) is 8.03. The molecule has 0 fully saturated rings. The standard InChI is InChI=1S/C12H14N2/c1-2-4-11(13)10-6-3-5-9-7-8-14-12(9)10/h2-3,5-8,11,14H,1,4,13H2/t11-/m1/s1. The minimum absolute atomic E-state index is 0.0369. The molecule has 14 heavy (non-hydrogen) atoms. The maximum atomic E-state index is 6.04. The molecule has 0 amide bonds. The number of aromatic amines is 1. The van der Waals surface area contributed by atoms with Gasteiger partial charge in [-0.3, -0.25) is 0 Å². The Morgan fingerprint density at radius 2 is 2.29 bits per heavy atom. The molecule has 72 valence electrons. The predicted molar refractivity (Wildman–Crippen MR) is 60.0 cm³/mol. The number of benzene rings is 1. The molecule has 0 aliphatic carbocycles. The van der Waals surface area contributed by atoms with Crippen molar-refractivity contribution in [1.29, 1.82) is 0 Å². The molecule has 0 aliphatic rings. The van der Waals surface area contributed by atoms with E-state index in [9.17, 15) is 0 Å². The molecule has 1 aromatic carbocycles. The minimum atomic E-state index is 0.0369. The molecule has 0 unspecified atom stereocenters. The second-order valence-electron chi connectivity index (χ2n) is 3.42. The molecule has 1 aromatic heterocycles. The topological polar surface area (TPSA) is 41.8 Å². The maximum absolute atomic E-state index is 6.04. The molecule has 0 saturated heterocycles. The van der Waals surface area contributed by atoms with Crippen molar-refractivity contribution in [3.8, 4) is 0 Å². The lowest BCUT2D eigenvalue weighted by Gasteiger charge is -2.10. The van der Waals surface area contributed by atoms with Crippen molar-refractivity contribution < 1.29 is 0 Å². The lowest BCUT2D eigenvalue weighted by molar-refractivity contribution is 0.747. The number of nitrogens with one attached hydrogen (secondary N) is 1. The third kappa shape index (κ3) is 1.44. The summed E-state index contributed by atoms with van der Waals surface area (Å²) in [4.78, 5) is 3.21. The van der Waals surface area contributed by atoms with Gasteiger partial charge in [0.2, 0.25) is 0 Å². The molecule has 0 saturated carbocycles. The third-order valence-corrected chi connectivity index (χ3v) is 2.44. The van der Waals surface area contributed by atoms with Crippen LogP contribution in [0.3, 0.4) is 0 Å². The largest absolute Gasteiger partial charge is 0.361 e. The Balaban J connectivity index is 2.50. The Morgan fingerprint density at radius 3 is 3.07 bits per heavy atom. The van der Waals surface area contributed by atoms with Gasteiger partial charge in [-0.05, 0) is 23.4 Å². The van der Waals surface area contributed by atoms with E-state index < -0.39 is 0 Å². The maximum Gasteiger partial charge on any atom is 0.0502 e. The van der Waals surface area contributed by atoms with Gasteiger partial charge >= 0.3 is 0 Å². The fraction of sp³-hybridized carbons (Fsp3) is 0.167. The second-order valence-corrected chi connectivity index (χ2v) is 3.42. The molecular weight excluding hydrogens is 172 g/mol. The lowest BCUT2D eigenvalue weighted by atomic mass is 10.0. The monoisotopic (exact) mass is 186 g/mol. The third-order valence-electron chi connectivity index (χ3n) is 2.44. The van der Waals surface area contributed by atoms with E-state index in [4.69, 9.17) is 5.73 Å². The normalized spacial score (nSPS) is 12.9. The fourth-order valence-corrected chi connectivity index (χ4v) is 1.72. The van der Waals surface area contributed by atoms with E-state index in [1.165, 1.54) is 5.39 Å². The van der Waals surface area contributed by atoms with Crippen molar-refractivity contribution in [3.63, 3.8) is 0 Å². The van der Waals surface area contributed by atoms with Crippen molar-refractivity contribution >= 4 is 10.9 Å². The quantitative estimate of drug-likeness (QED) is 0.711. The number of nitrogens with two attached hydrogens (primary N) is 1. The number of hydrogen-bond acceptors (Lipinski definition) is 1. The first kappa shape index (κ1) is 9.03. The van der Waals surface area contributed by atoms with E-state index in [1.54, 1.807) is 0 Å². The molecule has 0 radical (unpaired) electrons. The highest BCUT2D eigenvalue weighted by Crippen LogP contribution is 2.23. The highest BCUT2D eigenvalue weighted by Gasteiger charge is 2.08. The number of H-pyrrole nitrogens is 1. The lowest BCUT2D eigenvalue weighted by Crippen LogP contribution is -2.09. The van der Waals surface area contributed by atoms with Gasteiger partial charge in [-0.2, -0.15) is 0 Å². The van der Waals surface area contributed by atoms with E-state index in [1.807, 2.05) is 18.3 Å². The summed E-state index contributed by atoms with van der Waals surface area (Å²) in [7, 11) is 0. The Morgan fingerprint density at radius 1 is 1.43 bits per heavy atom. The summed E-state index contributed by atoms with van der Waals surface area (Å²) < 4.78 is 0. The second kappa shape index (κ2) is 3.68. The molecule has 0 aliphatic heterocycles. The van der Waals surface area contributed by atoms with Crippen LogP contribution in [0, 0.1) is 0 Å². The van der Waals surface area contributed by atoms with E-state index in [-0.39, 0.29) is 6.04 Å². The molecule has 0 spiro atoms. The Labute approximate surface area is 83.4 Å². The van der Waals surface area contributed by atoms with Crippen LogP contribution in [-0.4, -0.2) is 4.98 Å². The SMILES string of the molecule is C=CC[C@@H](N)c1cccc2cc[nH]c12. The Kier molecular flexibility index (Phi) is 2.37. The van der Waals surface area contributed by atoms with Crippen molar-refractivity contribution in [3.05, 3.63) is 48.7 Å². The van der Waals surface area contributed by atoms with Crippen LogP contribution in [0.4, 0.5) is 0 Å². The number of aromatic nitrogens is 1. The summed E-state index contributed by atoms with van der Waals surface area (Å²) >= 11 is 0. The summed E-state index contributed by atoms with van der Waals surface area (Å²) in [5.74, 6) is 0. The van der Waals surface area contributed by atoms with Crippen molar-refractivity contribution in [1.82, 2.24) is 4.98 Å². The summed E-state index contributed by atoms with van der Waals surface area (Å²) in [5, 5.41) is 1.21. The Hall–Kier alpha value is -1.54. The van der Waals surface area contributed by atoms with Crippen LogP contribution in [0.5, 0.6) is 0 Å². The molecule has 0 bridgehead atoms. The minimum Gasteiger partial charge on any atom is -0.361 e. The first-order valence-corrected chi connectivity index (χ1v) is 4.75. The number of rotatable bonds is 3. The molecule has 2 aromatic rings. The molecule has 3 N–H and O–H groups in total. The first-order chi connectivity index (χ1) is 6.83. The van der Waals surface area contributed by atoms with E-state index in [2.05, 4.69) is 29.8 Å². The summed E-state index contributed by atoms with van der Waals surface area (Å²) in [5.41, 5.74) is 8.34. The van der Waals surface area contributed by atoms with Crippen LogP contribution in [0.2, 0.25) is 0 Å². The summed E-state index contributed by atoms with van der Waals surface area (Å²) in [6, 6.07) is 8.27. The molecule has 2 heteroatoms. The molecular formula is C12H14N2. The molecule has 1 atom stereocenters. The van der Waals surface area contributed by atoms with Gasteiger partial charge in [-0.15, -0.1) is 6.58 Å². The van der Waals surface area contributed by atoms with Crippen molar-refractivity contribution in [2.24, 2.45) is 5.73 Å². The zero-order chi connectivity index (χ0) is 9.97. The van der Waals surface area contributed by atoms with Crippen molar-refractivity contribution in [2.75, 3.05) is 0 Å². The van der Waals surface area contributed by atoms with Crippen LogP contribution < -0.4 is 5.73 Å². The van der Waals surface area contributed by atoms with Gasteiger partial charge in [0.05, 0.1) is 5.52 Å². The molecule has 1 heterocycles. The highest BCUT2D eigenvalue weighted by molar-refractivity contribution is 5.82. The van der Waals surface area contributed by atoms with E-state index in [0.29, 0.717) is 0 Å². The van der Waals surface area contributed by atoms with Crippen LogP contribution in [0.1, 0.15) is 18.0 Å². The van der Waals surface area contributed by atoms with E-state index in [0.717, 1.165) is 17.5 Å². The van der Waals surface area contributed by atoms with Crippen LogP contribution >= 0.6 is 0 Å². The smallest absolute Gasteiger partial charge is 0.0502 e. The van der Waals surface area contributed by atoms with Gasteiger partial charge in [0.15, 0.2) is 0 Å². The number of para-hydroxylation sites is 1. The van der Waals surface area contributed by atoms with E-state index >= 15 is 0 Å². The van der Waals surface area contributed by atoms with Gasteiger partial charge in [0.25, 0.3) is 0 Å². The van der Waals surface area contributed by atoms with Gasteiger partial charge in [-0.25, -0.2) is 0 Å². The van der Waals surface area contributed by atoms with Crippen LogP contribution in [0.25, 0.3) is 10.9 Å².